The highest BCUT2D eigenvalue weighted by atomic mass is 16.5. The summed E-state index contributed by atoms with van der Waals surface area (Å²) in [5.74, 6) is 0.799. The number of nitrogens with two attached hydrogens (primary N) is 1. The molecule has 0 amide bonds. The van der Waals surface area contributed by atoms with Gasteiger partial charge in [-0.3, -0.25) is 0 Å². The van der Waals surface area contributed by atoms with E-state index in [0.717, 1.165) is 37.0 Å². The van der Waals surface area contributed by atoms with Crippen LogP contribution in [0.1, 0.15) is 12.8 Å². The first kappa shape index (κ1) is 9.97. The van der Waals surface area contributed by atoms with Gasteiger partial charge in [0.2, 0.25) is 0 Å². The van der Waals surface area contributed by atoms with Crippen molar-refractivity contribution < 1.29 is 4.74 Å². The van der Waals surface area contributed by atoms with Gasteiger partial charge in [0.25, 0.3) is 0 Å². The van der Waals surface area contributed by atoms with E-state index < -0.39 is 0 Å². The first-order valence-electron chi connectivity index (χ1n) is 6.05. The molecule has 86 valence electrons. The number of para-hydroxylation sites is 2. The molecule has 3 rings (SSSR count). The van der Waals surface area contributed by atoms with E-state index in [9.17, 15) is 0 Å². The molecular weight excluding hydrogens is 200 g/mol. The van der Waals surface area contributed by atoms with Gasteiger partial charge in [-0.1, -0.05) is 12.1 Å². The van der Waals surface area contributed by atoms with Crippen LogP contribution in [-0.4, -0.2) is 25.8 Å². The van der Waals surface area contributed by atoms with E-state index in [1.54, 1.807) is 0 Å². The minimum absolute atomic E-state index is 0.424. The van der Waals surface area contributed by atoms with Gasteiger partial charge in [-0.2, -0.15) is 0 Å². The second-order valence-electron chi connectivity index (χ2n) is 4.75. The summed E-state index contributed by atoms with van der Waals surface area (Å²) in [5, 5.41) is 0. The lowest BCUT2D eigenvalue weighted by Gasteiger charge is -2.35. The van der Waals surface area contributed by atoms with E-state index in [1.165, 1.54) is 12.8 Å². The molecule has 1 aromatic rings. The molecule has 1 aliphatic carbocycles. The molecule has 0 spiro atoms. The molecule has 3 heteroatoms. The fourth-order valence-electron chi connectivity index (χ4n) is 2.42. The molecule has 2 aliphatic rings. The van der Waals surface area contributed by atoms with Crippen molar-refractivity contribution >= 4 is 11.4 Å². The lowest BCUT2D eigenvalue weighted by atomic mass is 10.1. The minimum Gasteiger partial charge on any atom is -0.397 e. The summed E-state index contributed by atoms with van der Waals surface area (Å²) < 4.78 is 5.81. The van der Waals surface area contributed by atoms with Crippen molar-refractivity contribution in [3.63, 3.8) is 0 Å². The Bertz CT molecular complexity index is 376. The average Bonchev–Trinajstić information content (AvgIpc) is 3.14. The third-order valence-corrected chi connectivity index (χ3v) is 3.52. The number of rotatable bonds is 2. The van der Waals surface area contributed by atoms with E-state index in [4.69, 9.17) is 10.5 Å². The van der Waals surface area contributed by atoms with Gasteiger partial charge in [0.15, 0.2) is 0 Å². The predicted molar refractivity (Wildman–Crippen MR) is 65.5 cm³/mol. The molecule has 1 aliphatic heterocycles. The Kier molecular flexibility index (Phi) is 2.48. The Labute approximate surface area is 96.2 Å². The van der Waals surface area contributed by atoms with Crippen molar-refractivity contribution in [3.8, 4) is 0 Å². The summed E-state index contributed by atoms with van der Waals surface area (Å²) in [4.78, 5) is 2.36. The van der Waals surface area contributed by atoms with Crippen molar-refractivity contribution in [1.82, 2.24) is 0 Å². The molecule has 0 aromatic heterocycles. The van der Waals surface area contributed by atoms with Gasteiger partial charge >= 0.3 is 0 Å². The standard InChI is InChI=1S/C13H18N2O/c14-11-3-1-2-4-12(11)15-7-8-16-13(9-15)10-5-6-10/h1-4,10,13H,5-9,14H2. The van der Waals surface area contributed by atoms with Crippen molar-refractivity contribution in [3.05, 3.63) is 24.3 Å². The van der Waals surface area contributed by atoms with Gasteiger partial charge in [-0.15, -0.1) is 0 Å². The normalized spacial score (nSPS) is 25.8. The van der Waals surface area contributed by atoms with Gasteiger partial charge in [-0.25, -0.2) is 0 Å². The largest absolute Gasteiger partial charge is 0.397 e. The van der Waals surface area contributed by atoms with Crippen LogP contribution in [0.25, 0.3) is 0 Å². The number of nitrogens with zero attached hydrogens (tertiary/aromatic N) is 1. The zero-order valence-corrected chi connectivity index (χ0v) is 9.43. The van der Waals surface area contributed by atoms with E-state index >= 15 is 0 Å². The molecule has 0 radical (unpaired) electrons. The smallest absolute Gasteiger partial charge is 0.0778 e. The fourth-order valence-corrected chi connectivity index (χ4v) is 2.42. The number of anilines is 2. The zero-order valence-electron chi connectivity index (χ0n) is 9.43. The van der Waals surface area contributed by atoms with Gasteiger partial charge in [-0.05, 0) is 30.9 Å². The van der Waals surface area contributed by atoms with Crippen LogP contribution in [0.4, 0.5) is 11.4 Å². The van der Waals surface area contributed by atoms with Crippen molar-refractivity contribution in [2.75, 3.05) is 30.3 Å². The number of hydrogen-bond donors (Lipinski definition) is 1. The molecule has 0 bridgehead atoms. The summed E-state index contributed by atoms with van der Waals surface area (Å²) in [7, 11) is 0. The molecular formula is C13H18N2O. The molecule has 16 heavy (non-hydrogen) atoms. The van der Waals surface area contributed by atoms with Crippen molar-refractivity contribution in [1.29, 1.82) is 0 Å². The van der Waals surface area contributed by atoms with E-state index in [-0.39, 0.29) is 0 Å². The molecule has 1 heterocycles. The Morgan fingerprint density at radius 2 is 2.06 bits per heavy atom. The van der Waals surface area contributed by atoms with Crippen LogP contribution in [0.3, 0.4) is 0 Å². The van der Waals surface area contributed by atoms with Gasteiger partial charge in [0.05, 0.1) is 24.1 Å². The van der Waals surface area contributed by atoms with Crippen LogP contribution in [0, 0.1) is 5.92 Å². The predicted octanol–water partition coefficient (Wildman–Crippen LogP) is 1.88. The Hall–Kier alpha value is -1.22. The molecule has 1 atom stereocenters. The monoisotopic (exact) mass is 218 g/mol. The summed E-state index contributed by atoms with van der Waals surface area (Å²) in [6.07, 6.45) is 3.10. The maximum atomic E-state index is 6.01. The molecule has 1 saturated carbocycles. The maximum absolute atomic E-state index is 6.01. The Morgan fingerprint density at radius 1 is 1.25 bits per heavy atom. The summed E-state index contributed by atoms with van der Waals surface area (Å²) in [6.45, 7) is 2.78. The maximum Gasteiger partial charge on any atom is 0.0778 e. The van der Waals surface area contributed by atoms with E-state index in [1.807, 2.05) is 18.2 Å². The zero-order chi connectivity index (χ0) is 11.0. The summed E-state index contributed by atoms with van der Waals surface area (Å²) >= 11 is 0. The fraction of sp³-hybridized carbons (Fsp3) is 0.538. The average molecular weight is 218 g/mol. The van der Waals surface area contributed by atoms with Crippen LogP contribution < -0.4 is 10.6 Å². The third kappa shape index (κ3) is 1.87. The molecule has 2 N–H and O–H groups in total. The second kappa shape index (κ2) is 3.98. The number of hydrogen-bond acceptors (Lipinski definition) is 3. The number of nitrogen functional groups attached to an aromatic ring is 1. The number of morpholine rings is 1. The van der Waals surface area contributed by atoms with Crippen LogP contribution in [0.15, 0.2) is 24.3 Å². The van der Waals surface area contributed by atoms with Gasteiger partial charge in [0.1, 0.15) is 0 Å². The topological polar surface area (TPSA) is 38.5 Å². The lowest BCUT2D eigenvalue weighted by Crippen LogP contribution is -2.43. The summed E-state index contributed by atoms with van der Waals surface area (Å²) in [6, 6.07) is 8.10. The molecule has 1 saturated heterocycles. The Balaban J connectivity index is 1.76. The van der Waals surface area contributed by atoms with E-state index in [2.05, 4.69) is 11.0 Å². The molecule has 1 aromatic carbocycles. The minimum atomic E-state index is 0.424. The van der Waals surface area contributed by atoms with Crippen LogP contribution in [0.2, 0.25) is 0 Å². The van der Waals surface area contributed by atoms with Crippen LogP contribution in [0.5, 0.6) is 0 Å². The SMILES string of the molecule is Nc1ccccc1N1CCOC(C2CC2)C1. The molecule has 2 fully saturated rings. The van der Waals surface area contributed by atoms with Crippen LogP contribution >= 0.6 is 0 Å². The van der Waals surface area contributed by atoms with Crippen LogP contribution in [-0.2, 0) is 4.74 Å². The molecule has 1 unspecified atom stereocenters. The van der Waals surface area contributed by atoms with Crippen molar-refractivity contribution in [2.24, 2.45) is 5.92 Å². The number of benzene rings is 1. The highest BCUT2D eigenvalue weighted by molar-refractivity contribution is 5.67. The van der Waals surface area contributed by atoms with E-state index in [0.29, 0.717) is 6.10 Å². The number of ether oxygens (including phenoxy) is 1. The third-order valence-electron chi connectivity index (χ3n) is 3.52. The van der Waals surface area contributed by atoms with Gasteiger partial charge in [0, 0.05) is 13.1 Å². The first-order chi connectivity index (χ1) is 7.84. The summed E-state index contributed by atoms with van der Waals surface area (Å²) in [5.41, 5.74) is 8.04. The first-order valence-corrected chi connectivity index (χ1v) is 6.05. The highest BCUT2D eigenvalue weighted by Crippen LogP contribution is 2.37. The lowest BCUT2D eigenvalue weighted by molar-refractivity contribution is 0.0264. The quantitative estimate of drug-likeness (QED) is 0.770. The van der Waals surface area contributed by atoms with Crippen molar-refractivity contribution in [2.45, 2.75) is 18.9 Å². The Morgan fingerprint density at radius 3 is 2.81 bits per heavy atom. The highest BCUT2D eigenvalue weighted by Gasteiger charge is 2.35. The molecule has 3 nitrogen and oxygen atoms in total. The second-order valence-corrected chi connectivity index (χ2v) is 4.75. The van der Waals surface area contributed by atoms with Gasteiger partial charge < -0.3 is 15.4 Å².